The quantitative estimate of drug-likeness (QED) is 0.621. The predicted octanol–water partition coefficient (Wildman–Crippen LogP) is -1.52. The molecular formula is C13H26N4O4. The van der Waals surface area contributed by atoms with E-state index < -0.39 is 5.97 Å². The fourth-order valence-electron chi connectivity index (χ4n) is 1.63. The third-order valence-corrected chi connectivity index (χ3v) is 2.89. The van der Waals surface area contributed by atoms with Crippen molar-refractivity contribution >= 4 is 18.3 Å². The van der Waals surface area contributed by atoms with E-state index in [1.54, 1.807) is 33.1 Å². The third kappa shape index (κ3) is 9.80. The van der Waals surface area contributed by atoms with Crippen molar-refractivity contribution in [1.82, 2.24) is 19.6 Å². The lowest BCUT2D eigenvalue weighted by atomic mass is 10.3. The Bertz CT molecular complexity index is 339. The minimum Gasteiger partial charge on any atom is -0.480 e. The lowest BCUT2D eigenvalue weighted by Gasteiger charge is -2.33. The number of likely N-dealkylation sites (N-methyl/N-ethyl adjacent to an activating group) is 1. The van der Waals surface area contributed by atoms with Gasteiger partial charge in [-0.3, -0.25) is 24.2 Å². The molecule has 0 unspecified atom stereocenters. The maximum absolute atomic E-state index is 11.4. The van der Waals surface area contributed by atoms with Crippen LogP contribution in [-0.2, 0) is 14.4 Å². The maximum atomic E-state index is 11.4. The molecule has 0 aliphatic carbocycles. The van der Waals surface area contributed by atoms with Crippen molar-refractivity contribution < 1.29 is 19.5 Å². The SMILES string of the molecule is CN(C)C(=O)CN1CCN(CC(=O)O)CC1.CN(C)C=O. The topological polar surface area (TPSA) is 84.4 Å². The highest BCUT2D eigenvalue weighted by atomic mass is 16.4. The second-order valence-corrected chi connectivity index (χ2v) is 5.30. The van der Waals surface area contributed by atoms with Gasteiger partial charge in [0.1, 0.15) is 0 Å². The van der Waals surface area contributed by atoms with Gasteiger partial charge in [0.15, 0.2) is 0 Å². The number of carboxylic acids is 1. The van der Waals surface area contributed by atoms with Gasteiger partial charge in [0.2, 0.25) is 12.3 Å². The molecule has 1 N–H and O–H groups in total. The number of hydrogen-bond acceptors (Lipinski definition) is 5. The molecule has 0 atom stereocenters. The number of hydrogen-bond donors (Lipinski definition) is 1. The van der Waals surface area contributed by atoms with Gasteiger partial charge in [0.25, 0.3) is 0 Å². The van der Waals surface area contributed by atoms with Crippen LogP contribution in [0.15, 0.2) is 0 Å². The van der Waals surface area contributed by atoms with Gasteiger partial charge in [-0.2, -0.15) is 0 Å². The van der Waals surface area contributed by atoms with E-state index >= 15 is 0 Å². The van der Waals surface area contributed by atoms with Crippen molar-refractivity contribution in [2.75, 3.05) is 67.5 Å². The lowest BCUT2D eigenvalue weighted by molar-refractivity contribution is -0.139. The molecule has 0 aromatic heterocycles. The van der Waals surface area contributed by atoms with E-state index in [0.29, 0.717) is 19.6 Å². The highest BCUT2D eigenvalue weighted by Gasteiger charge is 2.20. The summed E-state index contributed by atoms with van der Waals surface area (Å²) in [6.07, 6.45) is 0.750. The number of aliphatic carboxylic acids is 1. The van der Waals surface area contributed by atoms with Crippen LogP contribution >= 0.6 is 0 Å². The average Bonchev–Trinajstić information content (AvgIpc) is 2.40. The van der Waals surface area contributed by atoms with Gasteiger partial charge in [-0.1, -0.05) is 0 Å². The van der Waals surface area contributed by atoms with Gasteiger partial charge >= 0.3 is 5.97 Å². The Balaban J connectivity index is 0.000000690. The Morgan fingerprint density at radius 2 is 1.38 bits per heavy atom. The number of nitrogens with zero attached hydrogens (tertiary/aromatic N) is 4. The molecule has 0 radical (unpaired) electrons. The summed E-state index contributed by atoms with van der Waals surface area (Å²) in [5.74, 6) is -0.704. The Morgan fingerprint density at radius 3 is 1.67 bits per heavy atom. The first kappa shape index (κ1) is 19.3. The molecular weight excluding hydrogens is 276 g/mol. The molecule has 0 bridgehead atoms. The monoisotopic (exact) mass is 302 g/mol. The molecule has 122 valence electrons. The Labute approximate surface area is 125 Å². The van der Waals surface area contributed by atoms with Crippen molar-refractivity contribution in [3.8, 4) is 0 Å². The number of carboxylic acid groups (broad SMARTS) is 1. The van der Waals surface area contributed by atoms with Gasteiger partial charge < -0.3 is 14.9 Å². The molecule has 1 saturated heterocycles. The normalized spacial score (nSPS) is 15.6. The molecule has 2 amide bonds. The molecule has 1 heterocycles. The van der Waals surface area contributed by atoms with E-state index in [2.05, 4.69) is 4.90 Å². The first-order chi connectivity index (χ1) is 9.76. The van der Waals surface area contributed by atoms with Crippen molar-refractivity contribution in [2.45, 2.75) is 0 Å². The second kappa shape index (κ2) is 10.1. The lowest BCUT2D eigenvalue weighted by Crippen LogP contribution is -2.50. The second-order valence-electron chi connectivity index (χ2n) is 5.30. The largest absolute Gasteiger partial charge is 0.480 e. The average molecular weight is 302 g/mol. The fraction of sp³-hybridized carbons (Fsp3) is 0.769. The molecule has 21 heavy (non-hydrogen) atoms. The van der Waals surface area contributed by atoms with E-state index in [-0.39, 0.29) is 12.5 Å². The van der Waals surface area contributed by atoms with Gasteiger partial charge in [-0.05, 0) is 0 Å². The molecule has 0 saturated carbocycles. The highest BCUT2D eigenvalue weighted by molar-refractivity contribution is 5.77. The van der Waals surface area contributed by atoms with Crippen LogP contribution in [-0.4, -0.2) is 110 Å². The Morgan fingerprint density at radius 1 is 1.00 bits per heavy atom. The summed E-state index contributed by atoms with van der Waals surface area (Å²) in [4.78, 5) is 38.3. The van der Waals surface area contributed by atoms with Gasteiger partial charge in [0, 0.05) is 54.4 Å². The minimum absolute atomic E-state index is 0.0895. The molecule has 1 fully saturated rings. The standard InChI is InChI=1S/C10H19N3O3.C3H7NO/c1-11(2)9(14)7-12-3-5-13(6-4-12)8-10(15)16;1-4(2)3-5/h3-8H2,1-2H3,(H,15,16);3H,1-2H3. The molecule has 8 heteroatoms. The third-order valence-electron chi connectivity index (χ3n) is 2.89. The smallest absolute Gasteiger partial charge is 0.317 e. The molecule has 1 rings (SSSR count). The summed E-state index contributed by atoms with van der Waals surface area (Å²) in [6, 6.07) is 0. The summed E-state index contributed by atoms with van der Waals surface area (Å²) in [7, 11) is 6.85. The van der Waals surface area contributed by atoms with Crippen LogP contribution in [0.5, 0.6) is 0 Å². The van der Waals surface area contributed by atoms with Gasteiger partial charge in [-0.15, -0.1) is 0 Å². The first-order valence-electron chi connectivity index (χ1n) is 6.74. The summed E-state index contributed by atoms with van der Waals surface area (Å²) in [6.45, 7) is 3.46. The molecule has 0 aromatic carbocycles. The number of piperazine rings is 1. The molecule has 1 aliphatic rings. The first-order valence-corrected chi connectivity index (χ1v) is 6.74. The van der Waals surface area contributed by atoms with Crippen molar-refractivity contribution in [3.05, 3.63) is 0 Å². The molecule has 0 spiro atoms. The van der Waals surface area contributed by atoms with Gasteiger partial charge in [0.05, 0.1) is 13.1 Å². The van der Waals surface area contributed by atoms with Crippen LogP contribution in [0, 0.1) is 0 Å². The minimum atomic E-state index is -0.794. The van der Waals surface area contributed by atoms with E-state index in [1.165, 1.54) is 4.90 Å². The summed E-state index contributed by atoms with van der Waals surface area (Å²) < 4.78 is 0. The van der Waals surface area contributed by atoms with Crippen LogP contribution in [0.1, 0.15) is 0 Å². The molecule has 0 aromatic rings. The van der Waals surface area contributed by atoms with Crippen LogP contribution in [0.3, 0.4) is 0 Å². The van der Waals surface area contributed by atoms with Crippen molar-refractivity contribution in [2.24, 2.45) is 0 Å². The number of amides is 2. The van der Waals surface area contributed by atoms with Crippen molar-refractivity contribution in [3.63, 3.8) is 0 Å². The fourth-order valence-corrected chi connectivity index (χ4v) is 1.63. The van der Waals surface area contributed by atoms with Crippen LogP contribution < -0.4 is 0 Å². The van der Waals surface area contributed by atoms with E-state index in [9.17, 15) is 14.4 Å². The zero-order chi connectivity index (χ0) is 16.4. The van der Waals surface area contributed by atoms with Crippen molar-refractivity contribution in [1.29, 1.82) is 0 Å². The highest BCUT2D eigenvalue weighted by Crippen LogP contribution is 2.01. The zero-order valence-electron chi connectivity index (χ0n) is 13.3. The van der Waals surface area contributed by atoms with Crippen LogP contribution in [0.4, 0.5) is 0 Å². The Kier molecular flexibility index (Phi) is 9.31. The van der Waals surface area contributed by atoms with E-state index in [4.69, 9.17) is 5.11 Å². The maximum Gasteiger partial charge on any atom is 0.317 e. The summed E-state index contributed by atoms with van der Waals surface area (Å²) in [5.41, 5.74) is 0. The predicted molar refractivity (Wildman–Crippen MR) is 79.0 cm³/mol. The van der Waals surface area contributed by atoms with E-state index in [0.717, 1.165) is 19.5 Å². The van der Waals surface area contributed by atoms with Gasteiger partial charge in [-0.25, -0.2) is 0 Å². The number of carbonyl (C=O) groups excluding carboxylic acids is 2. The van der Waals surface area contributed by atoms with Crippen LogP contribution in [0.25, 0.3) is 0 Å². The zero-order valence-corrected chi connectivity index (χ0v) is 13.3. The van der Waals surface area contributed by atoms with E-state index in [1.807, 2.05) is 4.90 Å². The summed E-state index contributed by atoms with van der Waals surface area (Å²) in [5, 5.41) is 8.63. The molecule has 8 nitrogen and oxygen atoms in total. The Hall–Kier alpha value is -1.67. The summed E-state index contributed by atoms with van der Waals surface area (Å²) >= 11 is 0. The molecule has 1 aliphatic heterocycles. The van der Waals surface area contributed by atoms with Crippen LogP contribution in [0.2, 0.25) is 0 Å². The number of rotatable bonds is 5. The number of carbonyl (C=O) groups is 3.